The number of rotatable bonds is 8. The number of carbonyl (C=O) groups is 1. The van der Waals surface area contributed by atoms with Crippen LogP contribution in [-0.4, -0.2) is 65.8 Å². The molecular weight excluding hydrogens is 481 g/mol. The van der Waals surface area contributed by atoms with Crippen LogP contribution >= 0.6 is 24.0 Å². The highest BCUT2D eigenvalue weighted by molar-refractivity contribution is 14.0. The highest BCUT2D eigenvalue weighted by Gasteiger charge is 2.21. The van der Waals surface area contributed by atoms with Crippen molar-refractivity contribution in [3.8, 4) is 0 Å². The number of hydrogen-bond acceptors (Lipinski definition) is 4. The van der Waals surface area contributed by atoms with Crippen molar-refractivity contribution in [3.63, 3.8) is 0 Å². The summed E-state index contributed by atoms with van der Waals surface area (Å²) in [6, 6.07) is 0.379. The van der Waals surface area contributed by atoms with Crippen LogP contribution in [0.25, 0.3) is 0 Å². The van der Waals surface area contributed by atoms with Crippen LogP contribution < -0.4 is 16.0 Å². The quantitative estimate of drug-likeness (QED) is 0.275. The molecule has 8 nitrogen and oxygen atoms in total. The number of likely N-dealkylation sites (N-methyl/N-ethyl adjacent to an activating group) is 1. The van der Waals surface area contributed by atoms with Gasteiger partial charge in [-0.15, -0.1) is 24.0 Å². The Hall–Kier alpha value is -1.36. The van der Waals surface area contributed by atoms with Crippen molar-refractivity contribution in [2.24, 2.45) is 12.0 Å². The van der Waals surface area contributed by atoms with Crippen LogP contribution in [0, 0.1) is 0 Å². The number of guanidine groups is 1. The van der Waals surface area contributed by atoms with Gasteiger partial charge in [-0.25, -0.2) is 4.99 Å². The summed E-state index contributed by atoms with van der Waals surface area (Å²) < 4.78 is 1.99. The molecule has 0 unspecified atom stereocenters. The monoisotopic (exact) mass is 519 g/mol. The maximum atomic E-state index is 11.5. The summed E-state index contributed by atoms with van der Waals surface area (Å²) in [5.74, 6) is 0.941. The van der Waals surface area contributed by atoms with Gasteiger partial charge in [-0.05, 0) is 32.6 Å². The zero-order valence-corrected chi connectivity index (χ0v) is 20.9. The van der Waals surface area contributed by atoms with E-state index < -0.39 is 0 Å². The van der Waals surface area contributed by atoms with E-state index in [1.165, 1.54) is 11.3 Å². The average Bonchev–Trinajstić information content (AvgIpc) is 3.02. The zero-order chi connectivity index (χ0) is 20.5. The van der Waals surface area contributed by atoms with E-state index in [0.29, 0.717) is 19.1 Å². The molecule has 9 heteroatoms. The number of aliphatic imine (C=N–C) groups is 1. The molecular formula is C20H38IN7O. The number of aryl methyl sites for hydroxylation is 2. The molecule has 166 valence electrons. The molecule has 29 heavy (non-hydrogen) atoms. The Kier molecular flexibility index (Phi) is 11.6. The molecule has 0 radical (unpaired) electrons. The molecule has 0 atom stereocenters. The fraction of sp³-hybridized carbons (Fsp3) is 0.750. The minimum absolute atomic E-state index is 0. The smallest absolute Gasteiger partial charge is 0.233 e. The molecule has 0 aliphatic carbocycles. The van der Waals surface area contributed by atoms with Gasteiger partial charge in [0.1, 0.15) is 0 Å². The third-order valence-electron chi connectivity index (χ3n) is 5.34. The zero-order valence-electron chi connectivity index (χ0n) is 18.5. The summed E-state index contributed by atoms with van der Waals surface area (Å²) in [5, 5.41) is 14.3. The van der Waals surface area contributed by atoms with Crippen molar-refractivity contribution >= 4 is 35.8 Å². The minimum Gasteiger partial charge on any atom is -0.358 e. The number of aromatic nitrogens is 2. The lowest BCUT2D eigenvalue weighted by Gasteiger charge is -2.32. The first-order valence-corrected chi connectivity index (χ1v) is 10.5. The van der Waals surface area contributed by atoms with Crippen LogP contribution in [0.4, 0.5) is 0 Å². The Balaban J connectivity index is 0.00000420. The number of likely N-dealkylation sites (tertiary alicyclic amines) is 1. The maximum Gasteiger partial charge on any atom is 0.233 e. The van der Waals surface area contributed by atoms with Crippen LogP contribution in [-0.2, 0) is 31.2 Å². The van der Waals surface area contributed by atoms with E-state index in [1.807, 2.05) is 11.7 Å². The molecule has 2 heterocycles. The third-order valence-corrected chi connectivity index (χ3v) is 5.34. The molecule has 1 aromatic rings. The van der Waals surface area contributed by atoms with Gasteiger partial charge in [-0.1, -0.05) is 13.8 Å². The van der Waals surface area contributed by atoms with Gasteiger partial charge in [-0.3, -0.25) is 14.4 Å². The molecule has 1 amide bonds. The van der Waals surface area contributed by atoms with Crippen LogP contribution in [0.3, 0.4) is 0 Å². The molecule has 1 saturated heterocycles. The highest BCUT2D eigenvalue weighted by atomic mass is 127. The topological polar surface area (TPSA) is 86.6 Å². The molecule has 1 fully saturated rings. The Labute approximate surface area is 192 Å². The van der Waals surface area contributed by atoms with Crippen molar-refractivity contribution in [1.82, 2.24) is 30.6 Å². The molecule has 0 bridgehead atoms. The number of hydrogen-bond donors (Lipinski definition) is 3. The normalized spacial score (nSPS) is 15.7. The minimum atomic E-state index is 0. The first kappa shape index (κ1) is 25.7. The second-order valence-electron chi connectivity index (χ2n) is 7.27. The van der Waals surface area contributed by atoms with Gasteiger partial charge in [0.2, 0.25) is 5.91 Å². The van der Waals surface area contributed by atoms with Crippen molar-refractivity contribution < 1.29 is 4.79 Å². The summed E-state index contributed by atoms with van der Waals surface area (Å²) in [7, 11) is 3.70. The summed E-state index contributed by atoms with van der Waals surface area (Å²) >= 11 is 0. The molecule has 1 aliphatic rings. The largest absolute Gasteiger partial charge is 0.358 e. The number of nitrogens with one attached hydrogen (secondary N) is 3. The van der Waals surface area contributed by atoms with E-state index in [-0.39, 0.29) is 29.9 Å². The van der Waals surface area contributed by atoms with Gasteiger partial charge < -0.3 is 16.0 Å². The first-order chi connectivity index (χ1) is 13.5. The van der Waals surface area contributed by atoms with Crippen LogP contribution in [0.5, 0.6) is 0 Å². The Morgan fingerprint density at radius 3 is 2.45 bits per heavy atom. The third kappa shape index (κ3) is 7.44. The van der Waals surface area contributed by atoms with Gasteiger partial charge in [0.15, 0.2) is 5.96 Å². The number of halogens is 1. The second-order valence-corrected chi connectivity index (χ2v) is 7.27. The van der Waals surface area contributed by atoms with E-state index in [1.54, 1.807) is 7.05 Å². The van der Waals surface area contributed by atoms with E-state index in [4.69, 9.17) is 4.99 Å². The molecule has 0 aromatic carbocycles. The van der Waals surface area contributed by atoms with Crippen molar-refractivity contribution in [2.75, 3.05) is 33.2 Å². The summed E-state index contributed by atoms with van der Waals surface area (Å²) in [6.45, 7) is 10.2. The van der Waals surface area contributed by atoms with Crippen LogP contribution in [0.2, 0.25) is 0 Å². The van der Waals surface area contributed by atoms with E-state index in [2.05, 4.69) is 46.7 Å². The molecule has 0 spiro atoms. The molecule has 0 saturated carbocycles. The average molecular weight is 519 g/mol. The van der Waals surface area contributed by atoms with Crippen LogP contribution in [0.15, 0.2) is 4.99 Å². The van der Waals surface area contributed by atoms with Gasteiger partial charge >= 0.3 is 0 Å². The SMILES string of the molecule is CCNC(=NCc1c(CC)nn(C)c1CC)NC1CCN(CC(=O)NC)CC1.I. The summed E-state index contributed by atoms with van der Waals surface area (Å²) in [4.78, 5) is 18.6. The summed E-state index contributed by atoms with van der Waals surface area (Å²) in [6.07, 6.45) is 3.90. The molecule has 1 aromatic heterocycles. The fourth-order valence-electron chi connectivity index (χ4n) is 3.76. The Morgan fingerprint density at radius 2 is 1.90 bits per heavy atom. The second kappa shape index (κ2) is 13.0. The fourth-order valence-corrected chi connectivity index (χ4v) is 3.76. The number of piperidine rings is 1. The van der Waals surface area contributed by atoms with E-state index in [9.17, 15) is 4.79 Å². The predicted molar refractivity (Wildman–Crippen MR) is 129 cm³/mol. The van der Waals surface area contributed by atoms with Gasteiger partial charge in [0.05, 0.1) is 18.8 Å². The standard InChI is InChI=1S/C20H37N7O.HI/c1-6-17-16(18(7-2)26(5)25-17)13-23-20(22-8-3)24-15-9-11-27(12-10-15)14-19(28)21-4;/h15H,6-14H2,1-5H3,(H,21,28)(H2,22,23,24);1H. The number of nitrogens with zero attached hydrogens (tertiary/aromatic N) is 4. The van der Waals surface area contributed by atoms with Gasteiger partial charge in [0, 0.05) is 51.0 Å². The first-order valence-electron chi connectivity index (χ1n) is 10.5. The lowest BCUT2D eigenvalue weighted by atomic mass is 10.1. The highest BCUT2D eigenvalue weighted by Crippen LogP contribution is 2.17. The maximum absolute atomic E-state index is 11.5. The number of amides is 1. The van der Waals surface area contributed by atoms with Crippen molar-refractivity contribution in [1.29, 1.82) is 0 Å². The molecule has 3 N–H and O–H groups in total. The van der Waals surface area contributed by atoms with E-state index in [0.717, 1.165) is 57.0 Å². The Bertz CT molecular complexity index is 666. The molecule has 1 aliphatic heterocycles. The Morgan fingerprint density at radius 1 is 1.21 bits per heavy atom. The van der Waals surface area contributed by atoms with Gasteiger partial charge in [-0.2, -0.15) is 5.10 Å². The lowest BCUT2D eigenvalue weighted by Crippen LogP contribution is -2.50. The lowest BCUT2D eigenvalue weighted by molar-refractivity contribution is -0.122. The molecule has 2 rings (SSSR count). The predicted octanol–water partition coefficient (Wildman–Crippen LogP) is 1.43. The van der Waals surface area contributed by atoms with E-state index >= 15 is 0 Å². The van der Waals surface area contributed by atoms with Crippen LogP contribution in [0.1, 0.15) is 50.6 Å². The van der Waals surface area contributed by atoms with Gasteiger partial charge in [0.25, 0.3) is 0 Å². The van der Waals surface area contributed by atoms with Crippen molar-refractivity contribution in [3.05, 3.63) is 17.0 Å². The van der Waals surface area contributed by atoms with Crippen molar-refractivity contribution in [2.45, 2.75) is 59.0 Å². The number of carbonyl (C=O) groups excluding carboxylic acids is 1. The summed E-state index contributed by atoms with van der Waals surface area (Å²) in [5.41, 5.74) is 3.66.